The van der Waals surface area contributed by atoms with Gasteiger partial charge in [0.15, 0.2) is 17.4 Å². The van der Waals surface area contributed by atoms with Gasteiger partial charge in [-0.2, -0.15) is 0 Å². The molecule has 0 aromatic carbocycles. The molecule has 4 rings (SSSR count). The van der Waals surface area contributed by atoms with Gasteiger partial charge in [-0.05, 0) is 12.0 Å². The molecule has 26 heavy (non-hydrogen) atoms. The number of hydrogen-bond acceptors (Lipinski definition) is 6. The summed E-state index contributed by atoms with van der Waals surface area (Å²) < 4.78 is 17.1. The van der Waals surface area contributed by atoms with Crippen molar-refractivity contribution in [2.24, 2.45) is 0 Å². The Morgan fingerprint density at radius 1 is 1.31 bits per heavy atom. The van der Waals surface area contributed by atoms with E-state index in [-0.39, 0.29) is 17.8 Å². The Balaban J connectivity index is 1.68. The second-order valence-corrected chi connectivity index (χ2v) is 7.59. The van der Waals surface area contributed by atoms with Gasteiger partial charge in [-0.3, -0.25) is 4.79 Å². The lowest BCUT2D eigenvalue weighted by molar-refractivity contribution is -0.115. The van der Waals surface area contributed by atoms with E-state index >= 15 is 0 Å². The van der Waals surface area contributed by atoms with Gasteiger partial charge in [-0.15, -0.1) is 11.3 Å². The maximum atomic E-state index is 12.6. The molecule has 0 bridgehead atoms. The summed E-state index contributed by atoms with van der Waals surface area (Å²) in [5.41, 5.74) is 2.18. The maximum Gasteiger partial charge on any atom is 0.199 e. The predicted octanol–water partition coefficient (Wildman–Crippen LogP) is 3.35. The molecule has 1 aromatic heterocycles. The molecule has 0 N–H and O–H groups in total. The van der Waals surface area contributed by atoms with Crippen LogP contribution in [0, 0.1) is 0 Å². The summed E-state index contributed by atoms with van der Waals surface area (Å²) in [6, 6.07) is 0. The molecule has 1 aliphatic carbocycles. The average Bonchev–Trinajstić information content (AvgIpc) is 3.05. The minimum absolute atomic E-state index is 0.0891. The van der Waals surface area contributed by atoms with Gasteiger partial charge in [-0.1, -0.05) is 25.2 Å². The number of hydrogen-bond donors (Lipinski definition) is 0. The van der Waals surface area contributed by atoms with Gasteiger partial charge >= 0.3 is 0 Å². The Kier molecular flexibility index (Phi) is 4.98. The molecule has 1 unspecified atom stereocenters. The number of rotatable bonds is 3. The number of thiophene rings is 1. The van der Waals surface area contributed by atoms with E-state index in [1.807, 2.05) is 6.92 Å². The fourth-order valence-corrected chi connectivity index (χ4v) is 4.46. The lowest BCUT2D eigenvalue weighted by Gasteiger charge is -2.30. The molecule has 0 spiro atoms. The summed E-state index contributed by atoms with van der Waals surface area (Å²) >= 11 is 1.60. The molecule has 6 heteroatoms. The topological polar surface area (TPSA) is 48.0 Å². The van der Waals surface area contributed by atoms with E-state index in [9.17, 15) is 4.79 Å². The van der Waals surface area contributed by atoms with Crippen LogP contribution in [0.4, 0.5) is 0 Å². The normalized spacial score (nSPS) is 25.9. The zero-order valence-electron chi connectivity index (χ0n) is 15.1. The summed E-state index contributed by atoms with van der Waals surface area (Å²) in [6.07, 6.45) is 8.95. The first kappa shape index (κ1) is 17.5. The molecule has 5 nitrogen and oxygen atoms in total. The number of morpholine rings is 1. The molecule has 0 saturated carbocycles. The number of ether oxygens (including phenoxy) is 3. The molecule has 3 heterocycles. The summed E-state index contributed by atoms with van der Waals surface area (Å²) in [4.78, 5) is 15.7. The first-order chi connectivity index (χ1) is 12.7. The van der Waals surface area contributed by atoms with Gasteiger partial charge in [0.25, 0.3) is 0 Å². The molecule has 3 aliphatic rings. The van der Waals surface area contributed by atoms with E-state index < -0.39 is 0 Å². The third-order valence-electron chi connectivity index (χ3n) is 5.06. The quantitative estimate of drug-likeness (QED) is 0.813. The van der Waals surface area contributed by atoms with E-state index in [1.54, 1.807) is 24.5 Å². The van der Waals surface area contributed by atoms with Crippen molar-refractivity contribution in [1.82, 2.24) is 4.90 Å². The van der Waals surface area contributed by atoms with Crippen LogP contribution in [-0.2, 0) is 14.3 Å². The van der Waals surface area contributed by atoms with Gasteiger partial charge in [0.05, 0.1) is 30.1 Å². The van der Waals surface area contributed by atoms with Crippen molar-refractivity contribution in [2.75, 3.05) is 33.4 Å². The smallest absolute Gasteiger partial charge is 0.199 e. The highest BCUT2D eigenvalue weighted by atomic mass is 32.1. The molecule has 138 valence electrons. The first-order valence-electron chi connectivity index (χ1n) is 8.96. The number of methoxy groups -OCH3 is 1. The molecule has 2 atom stereocenters. The van der Waals surface area contributed by atoms with Gasteiger partial charge in [0, 0.05) is 37.2 Å². The lowest BCUT2D eigenvalue weighted by atomic mass is 9.97. The van der Waals surface area contributed by atoms with E-state index in [4.69, 9.17) is 14.2 Å². The van der Waals surface area contributed by atoms with E-state index in [2.05, 4.69) is 28.5 Å². The Bertz CT molecular complexity index is 786. The first-order valence-corrected chi connectivity index (χ1v) is 9.84. The summed E-state index contributed by atoms with van der Waals surface area (Å²) in [5.74, 6) is 1.35. The van der Waals surface area contributed by atoms with Crippen LogP contribution in [0.1, 0.15) is 29.7 Å². The van der Waals surface area contributed by atoms with Gasteiger partial charge in [-0.25, -0.2) is 0 Å². The summed E-state index contributed by atoms with van der Waals surface area (Å²) in [6.45, 7) is 4.73. The van der Waals surface area contributed by atoms with Crippen LogP contribution < -0.4 is 4.74 Å². The monoisotopic (exact) mass is 373 g/mol. The molecular weight excluding hydrogens is 350 g/mol. The average molecular weight is 373 g/mol. The summed E-state index contributed by atoms with van der Waals surface area (Å²) in [5, 5.41) is 2.10. The summed E-state index contributed by atoms with van der Waals surface area (Å²) in [7, 11) is 1.72. The van der Waals surface area contributed by atoms with Crippen molar-refractivity contribution < 1.29 is 19.0 Å². The standard InChI is InChI=1S/C20H23NO4S/c1-13-17(22)11-18(21-7-9-24-10-8-21)25-19-16(12-26-20(13)19)14-3-5-15(23-2)6-4-14/h3-5,11-13,15H,6-10H2,1-2H3/t13-,15?/m0/s1. The highest BCUT2D eigenvalue weighted by molar-refractivity contribution is 7.10. The van der Waals surface area contributed by atoms with E-state index in [0.717, 1.165) is 41.3 Å². The minimum atomic E-state index is -0.192. The van der Waals surface area contributed by atoms with Crippen molar-refractivity contribution >= 4 is 22.7 Å². The van der Waals surface area contributed by atoms with Crippen LogP contribution in [0.3, 0.4) is 0 Å². The zero-order chi connectivity index (χ0) is 18.1. The molecule has 0 radical (unpaired) electrons. The number of fused-ring (bicyclic) bond motifs is 1. The second-order valence-electron chi connectivity index (χ2n) is 6.68. The van der Waals surface area contributed by atoms with Crippen LogP contribution in [0.2, 0.25) is 0 Å². The Morgan fingerprint density at radius 3 is 2.81 bits per heavy atom. The highest BCUT2D eigenvalue weighted by Crippen LogP contribution is 2.44. The molecule has 0 amide bonds. The molecule has 2 aliphatic heterocycles. The minimum Gasteiger partial charge on any atom is -0.439 e. The number of carbonyl (C=O) groups excluding carboxylic acids is 1. The largest absolute Gasteiger partial charge is 0.439 e. The Labute approximate surface area is 157 Å². The van der Waals surface area contributed by atoms with Crippen LogP contribution in [0.15, 0.2) is 35.6 Å². The Hall–Kier alpha value is -1.89. The van der Waals surface area contributed by atoms with Crippen LogP contribution >= 0.6 is 11.3 Å². The predicted molar refractivity (Wildman–Crippen MR) is 101 cm³/mol. The van der Waals surface area contributed by atoms with Crippen molar-refractivity contribution in [2.45, 2.75) is 25.4 Å². The van der Waals surface area contributed by atoms with Crippen LogP contribution in [0.5, 0.6) is 5.75 Å². The lowest BCUT2D eigenvalue weighted by Crippen LogP contribution is -2.37. The van der Waals surface area contributed by atoms with Crippen LogP contribution in [0.25, 0.3) is 5.57 Å². The van der Waals surface area contributed by atoms with Crippen molar-refractivity contribution in [1.29, 1.82) is 0 Å². The molecule has 1 fully saturated rings. The molecule has 1 saturated heterocycles. The van der Waals surface area contributed by atoms with Crippen molar-refractivity contribution in [3.63, 3.8) is 0 Å². The fourth-order valence-electron chi connectivity index (χ4n) is 3.39. The van der Waals surface area contributed by atoms with Gasteiger partial charge in [0.2, 0.25) is 0 Å². The number of allylic oxidation sites excluding steroid dienone is 3. The van der Waals surface area contributed by atoms with Crippen molar-refractivity contribution in [3.8, 4) is 5.75 Å². The highest BCUT2D eigenvalue weighted by Gasteiger charge is 2.30. The van der Waals surface area contributed by atoms with Gasteiger partial charge in [0.1, 0.15) is 0 Å². The van der Waals surface area contributed by atoms with Crippen LogP contribution in [-0.4, -0.2) is 50.2 Å². The van der Waals surface area contributed by atoms with Crippen molar-refractivity contribution in [3.05, 3.63) is 46.0 Å². The number of ketones is 1. The SMILES string of the molecule is COC1C=CC(c2csc3c2OC(N2CCOCC2)=CC(=O)[C@@H]3C)=CC1. The third kappa shape index (κ3) is 3.24. The molecule has 1 aromatic rings. The van der Waals surface area contributed by atoms with Gasteiger partial charge < -0.3 is 19.1 Å². The maximum absolute atomic E-state index is 12.6. The molecular formula is C20H23NO4S. The zero-order valence-corrected chi connectivity index (χ0v) is 15.9. The van der Waals surface area contributed by atoms with E-state index in [0.29, 0.717) is 19.1 Å². The number of nitrogens with zero attached hydrogens (tertiary/aromatic N) is 1. The Morgan fingerprint density at radius 2 is 2.12 bits per heavy atom. The van der Waals surface area contributed by atoms with E-state index in [1.165, 1.54) is 0 Å². The number of carbonyl (C=O) groups is 1. The second kappa shape index (κ2) is 7.39. The fraction of sp³-hybridized carbons (Fsp3) is 0.450. The third-order valence-corrected chi connectivity index (χ3v) is 6.21.